The van der Waals surface area contributed by atoms with Crippen LogP contribution in [-0.2, 0) is 32.6 Å². The van der Waals surface area contributed by atoms with Crippen molar-refractivity contribution in [1.29, 1.82) is 0 Å². The summed E-state index contributed by atoms with van der Waals surface area (Å²) in [7, 11) is -4.25. The Bertz CT molecular complexity index is 1690. The fraction of sp³-hybridized carbons (Fsp3) is 0.235. The van der Waals surface area contributed by atoms with Gasteiger partial charge in [0.05, 0.1) is 15.6 Å². The lowest BCUT2D eigenvalue weighted by Crippen LogP contribution is -2.56. The number of amides is 2. The van der Waals surface area contributed by atoms with E-state index < -0.39 is 34.1 Å². The topological polar surface area (TPSA) is 86.8 Å². The quantitative estimate of drug-likeness (QED) is 0.194. The summed E-state index contributed by atoms with van der Waals surface area (Å²) in [4.78, 5) is 29.8. The van der Waals surface area contributed by atoms with Crippen molar-refractivity contribution in [3.05, 3.63) is 130 Å². The van der Waals surface area contributed by atoms with Gasteiger partial charge in [-0.2, -0.15) is 0 Å². The van der Waals surface area contributed by atoms with Crippen LogP contribution >= 0.6 is 23.2 Å². The van der Waals surface area contributed by atoms with Crippen molar-refractivity contribution in [2.45, 2.75) is 50.2 Å². The second-order valence-corrected chi connectivity index (χ2v) is 14.0. The molecule has 0 aliphatic heterocycles. The van der Waals surface area contributed by atoms with Crippen LogP contribution in [0.4, 0.5) is 5.69 Å². The van der Waals surface area contributed by atoms with Crippen LogP contribution in [0.1, 0.15) is 31.9 Å². The van der Waals surface area contributed by atoms with E-state index in [0.717, 1.165) is 9.87 Å². The van der Waals surface area contributed by atoms with Crippen LogP contribution in [0.2, 0.25) is 10.0 Å². The monoisotopic (exact) mass is 651 g/mol. The van der Waals surface area contributed by atoms with Crippen LogP contribution < -0.4 is 9.62 Å². The molecule has 0 unspecified atom stereocenters. The van der Waals surface area contributed by atoms with Crippen molar-refractivity contribution in [2.24, 2.45) is 0 Å². The maximum absolute atomic E-state index is 14.5. The molecule has 230 valence electrons. The Morgan fingerprint density at radius 1 is 0.773 bits per heavy atom. The average molecular weight is 653 g/mol. The van der Waals surface area contributed by atoms with Gasteiger partial charge in [-0.1, -0.05) is 102 Å². The van der Waals surface area contributed by atoms with E-state index in [4.69, 9.17) is 23.2 Å². The summed E-state index contributed by atoms with van der Waals surface area (Å²) in [5, 5.41) is 3.58. The zero-order chi connectivity index (χ0) is 31.9. The van der Waals surface area contributed by atoms with Gasteiger partial charge in [-0.3, -0.25) is 13.9 Å². The number of rotatable bonds is 11. The molecule has 0 bridgehead atoms. The van der Waals surface area contributed by atoms with Gasteiger partial charge in [-0.25, -0.2) is 8.42 Å². The molecule has 4 rings (SSSR count). The molecule has 7 nitrogen and oxygen atoms in total. The van der Waals surface area contributed by atoms with Crippen molar-refractivity contribution in [3.63, 3.8) is 0 Å². The van der Waals surface area contributed by atoms with E-state index in [0.29, 0.717) is 10.6 Å². The third-order valence-corrected chi connectivity index (χ3v) is 9.26. The molecule has 0 aliphatic carbocycles. The summed E-state index contributed by atoms with van der Waals surface area (Å²) in [6.45, 7) is 4.93. The van der Waals surface area contributed by atoms with E-state index in [9.17, 15) is 18.0 Å². The first-order valence-corrected chi connectivity index (χ1v) is 16.3. The molecule has 1 N–H and O–H groups in total. The summed E-state index contributed by atoms with van der Waals surface area (Å²) >= 11 is 13.0. The standard InChI is InChI=1S/C34H35Cl2N3O4S/c1-34(2,3)37-33(41)31(22-25-14-6-4-7-15-25)38(23-26-16-10-11-19-28(26)35)32(40)24-39(30-21-13-12-20-29(30)36)44(42,43)27-17-8-5-9-18-27/h4-21,31H,22-24H2,1-3H3,(H,37,41)/t31-/m1/s1. The van der Waals surface area contributed by atoms with Gasteiger partial charge >= 0.3 is 0 Å². The lowest BCUT2D eigenvalue weighted by Gasteiger charge is -2.35. The largest absolute Gasteiger partial charge is 0.350 e. The number of benzene rings is 4. The summed E-state index contributed by atoms with van der Waals surface area (Å²) in [6, 6.07) is 29.7. The molecular formula is C34H35Cl2N3O4S. The number of hydrogen-bond acceptors (Lipinski definition) is 4. The fourth-order valence-corrected chi connectivity index (χ4v) is 6.64. The van der Waals surface area contributed by atoms with Crippen LogP contribution in [0, 0.1) is 0 Å². The lowest BCUT2D eigenvalue weighted by atomic mass is 10.0. The third kappa shape index (κ3) is 8.40. The molecule has 0 aliphatic rings. The van der Waals surface area contributed by atoms with Crippen LogP contribution in [0.3, 0.4) is 0 Å². The zero-order valence-electron chi connectivity index (χ0n) is 24.8. The SMILES string of the molecule is CC(C)(C)NC(=O)[C@@H](Cc1ccccc1)N(Cc1ccccc1Cl)C(=O)CN(c1ccccc1Cl)S(=O)(=O)c1ccccc1. The molecule has 0 radical (unpaired) electrons. The van der Waals surface area contributed by atoms with Gasteiger partial charge in [0.15, 0.2) is 0 Å². The van der Waals surface area contributed by atoms with Crippen molar-refractivity contribution in [3.8, 4) is 0 Å². The number of nitrogens with one attached hydrogen (secondary N) is 1. The molecule has 4 aromatic carbocycles. The highest BCUT2D eigenvalue weighted by atomic mass is 35.5. The first kappa shape index (κ1) is 33.1. The normalized spacial score (nSPS) is 12.3. The van der Waals surface area contributed by atoms with Gasteiger partial charge in [0.2, 0.25) is 11.8 Å². The van der Waals surface area contributed by atoms with E-state index >= 15 is 0 Å². The van der Waals surface area contributed by atoms with E-state index in [2.05, 4.69) is 5.32 Å². The highest BCUT2D eigenvalue weighted by Crippen LogP contribution is 2.31. The van der Waals surface area contributed by atoms with Gasteiger partial charge in [-0.15, -0.1) is 0 Å². The van der Waals surface area contributed by atoms with Crippen molar-refractivity contribution >= 4 is 50.7 Å². The van der Waals surface area contributed by atoms with Gasteiger partial charge in [0.1, 0.15) is 12.6 Å². The number of para-hydroxylation sites is 1. The average Bonchev–Trinajstić information content (AvgIpc) is 2.99. The molecule has 0 spiro atoms. The Hall–Kier alpha value is -3.85. The fourth-order valence-electron chi connectivity index (χ4n) is 4.70. The van der Waals surface area contributed by atoms with Crippen molar-refractivity contribution < 1.29 is 18.0 Å². The molecule has 2 amide bonds. The van der Waals surface area contributed by atoms with Crippen LogP contribution in [-0.4, -0.2) is 43.3 Å². The zero-order valence-corrected chi connectivity index (χ0v) is 27.1. The molecule has 0 saturated carbocycles. The molecule has 10 heteroatoms. The van der Waals surface area contributed by atoms with Gasteiger partial charge in [0, 0.05) is 23.5 Å². The predicted octanol–water partition coefficient (Wildman–Crippen LogP) is 6.74. The molecule has 44 heavy (non-hydrogen) atoms. The van der Waals surface area contributed by atoms with E-state index in [1.807, 2.05) is 51.1 Å². The summed E-state index contributed by atoms with van der Waals surface area (Å²) in [5.74, 6) is -0.980. The molecule has 1 atom stereocenters. The third-order valence-electron chi connectivity index (χ3n) is 6.80. The van der Waals surface area contributed by atoms with E-state index in [1.54, 1.807) is 66.7 Å². The van der Waals surface area contributed by atoms with E-state index in [-0.39, 0.29) is 34.5 Å². The minimum absolute atomic E-state index is 0.00307. The number of halogens is 2. The van der Waals surface area contributed by atoms with Crippen molar-refractivity contribution in [1.82, 2.24) is 10.2 Å². The molecule has 4 aromatic rings. The number of carbonyl (C=O) groups is 2. The number of hydrogen-bond donors (Lipinski definition) is 1. The summed E-state index contributed by atoms with van der Waals surface area (Å²) < 4.78 is 29.1. The Balaban J connectivity index is 1.83. The summed E-state index contributed by atoms with van der Waals surface area (Å²) in [6.07, 6.45) is 0.191. The highest BCUT2D eigenvalue weighted by molar-refractivity contribution is 7.92. The second-order valence-electron chi connectivity index (χ2n) is 11.3. The molecule has 0 heterocycles. The highest BCUT2D eigenvalue weighted by Gasteiger charge is 2.36. The first-order chi connectivity index (χ1) is 20.9. The number of carbonyl (C=O) groups excluding carboxylic acids is 2. The summed E-state index contributed by atoms with van der Waals surface area (Å²) in [5.41, 5.74) is 0.992. The van der Waals surface area contributed by atoms with Gasteiger partial charge < -0.3 is 10.2 Å². The second kappa shape index (κ2) is 14.3. The number of anilines is 1. The Morgan fingerprint density at radius 2 is 1.32 bits per heavy atom. The Kier molecular flexibility index (Phi) is 10.7. The maximum Gasteiger partial charge on any atom is 0.264 e. The van der Waals surface area contributed by atoms with Crippen molar-refractivity contribution in [2.75, 3.05) is 10.8 Å². The minimum Gasteiger partial charge on any atom is -0.350 e. The Labute approximate surface area is 269 Å². The maximum atomic E-state index is 14.5. The van der Waals surface area contributed by atoms with Gasteiger partial charge in [0.25, 0.3) is 10.0 Å². The van der Waals surface area contributed by atoms with Crippen LogP contribution in [0.5, 0.6) is 0 Å². The smallest absolute Gasteiger partial charge is 0.264 e. The first-order valence-electron chi connectivity index (χ1n) is 14.1. The predicted molar refractivity (Wildman–Crippen MR) is 176 cm³/mol. The minimum atomic E-state index is -4.25. The molecular weight excluding hydrogens is 617 g/mol. The lowest BCUT2D eigenvalue weighted by molar-refractivity contribution is -0.140. The molecule has 0 saturated heterocycles. The van der Waals surface area contributed by atoms with Crippen LogP contribution in [0.15, 0.2) is 114 Å². The molecule has 0 fully saturated rings. The van der Waals surface area contributed by atoms with E-state index in [1.165, 1.54) is 17.0 Å². The Morgan fingerprint density at radius 3 is 1.91 bits per heavy atom. The van der Waals surface area contributed by atoms with Crippen LogP contribution in [0.25, 0.3) is 0 Å². The number of nitrogens with zero attached hydrogens (tertiary/aromatic N) is 2. The molecule has 0 aromatic heterocycles. The van der Waals surface area contributed by atoms with Gasteiger partial charge in [-0.05, 0) is 62.2 Å². The number of sulfonamides is 1.